The van der Waals surface area contributed by atoms with Crippen LogP contribution in [-0.4, -0.2) is 26.5 Å². The highest BCUT2D eigenvalue weighted by Gasteiger charge is 2.23. The summed E-state index contributed by atoms with van der Waals surface area (Å²) in [7, 11) is -2.35. The lowest BCUT2D eigenvalue weighted by Crippen LogP contribution is -2.27. The van der Waals surface area contributed by atoms with E-state index in [1.165, 1.54) is 35.6 Å². The summed E-state index contributed by atoms with van der Waals surface area (Å²) in [4.78, 5) is 11.0. The van der Waals surface area contributed by atoms with Crippen LogP contribution in [0, 0.1) is 13.8 Å². The molecule has 0 aliphatic rings. The molecule has 0 amide bonds. The highest BCUT2D eigenvalue weighted by molar-refractivity contribution is 7.92. The second-order valence-corrected chi connectivity index (χ2v) is 7.06. The van der Waals surface area contributed by atoms with Crippen LogP contribution < -0.4 is 4.31 Å². The second-order valence-electron chi connectivity index (χ2n) is 5.10. The first kappa shape index (κ1) is 16.0. The molecule has 0 bridgehead atoms. The van der Waals surface area contributed by atoms with Gasteiger partial charge in [-0.15, -0.1) is 0 Å². The van der Waals surface area contributed by atoms with Crippen molar-refractivity contribution in [1.82, 2.24) is 0 Å². The van der Waals surface area contributed by atoms with Crippen LogP contribution >= 0.6 is 0 Å². The van der Waals surface area contributed by atoms with Crippen LogP contribution in [0.25, 0.3) is 0 Å². The molecule has 0 spiro atoms. The van der Waals surface area contributed by atoms with E-state index >= 15 is 0 Å². The zero-order valence-electron chi connectivity index (χ0n) is 12.6. The average molecular weight is 319 g/mol. The highest BCUT2D eigenvalue weighted by Crippen LogP contribution is 2.26. The highest BCUT2D eigenvalue weighted by atomic mass is 32.2. The van der Waals surface area contributed by atoms with E-state index < -0.39 is 16.0 Å². The van der Waals surface area contributed by atoms with Gasteiger partial charge in [0, 0.05) is 7.05 Å². The first-order valence-electron chi connectivity index (χ1n) is 6.63. The number of hydrogen-bond donors (Lipinski definition) is 1. The van der Waals surface area contributed by atoms with E-state index in [-0.39, 0.29) is 10.5 Å². The van der Waals surface area contributed by atoms with Crippen LogP contribution in [0.1, 0.15) is 21.5 Å². The molecule has 1 N–H and O–H groups in total. The van der Waals surface area contributed by atoms with E-state index in [4.69, 9.17) is 5.11 Å². The van der Waals surface area contributed by atoms with E-state index in [9.17, 15) is 13.2 Å². The molecule has 2 aromatic carbocycles. The molecule has 0 saturated carbocycles. The van der Waals surface area contributed by atoms with Gasteiger partial charge in [0.25, 0.3) is 10.0 Å². The molecule has 116 valence electrons. The van der Waals surface area contributed by atoms with Crippen molar-refractivity contribution in [3.63, 3.8) is 0 Å². The Labute approximate surface area is 129 Å². The molecule has 5 nitrogen and oxygen atoms in total. The van der Waals surface area contributed by atoms with Crippen molar-refractivity contribution in [2.45, 2.75) is 18.7 Å². The Morgan fingerprint density at radius 2 is 1.77 bits per heavy atom. The number of aromatic carboxylic acids is 1. The topological polar surface area (TPSA) is 74.7 Å². The predicted molar refractivity (Wildman–Crippen MR) is 84.9 cm³/mol. The maximum absolute atomic E-state index is 12.7. The fourth-order valence-electron chi connectivity index (χ4n) is 2.14. The Balaban J connectivity index is 2.52. The maximum Gasteiger partial charge on any atom is 0.335 e. The molecular formula is C16H17NO4S. The summed E-state index contributed by atoms with van der Waals surface area (Å²) in [5.41, 5.74) is 2.28. The summed E-state index contributed by atoms with van der Waals surface area (Å²) >= 11 is 0. The minimum atomic E-state index is -3.82. The van der Waals surface area contributed by atoms with E-state index in [0.29, 0.717) is 5.69 Å². The number of rotatable bonds is 4. The minimum Gasteiger partial charge on any atom is -0.478 e. The van der Waals surface area contributed by atoms with Crippen molar-refractivity contribution in [2.75, 3.05) is 11.4 Å². The summed E-state index contributed by atoms with van der Waals surface area (Å²) in [6, 6.07) is 10.9. The zero-order chi connectivity index (χ0) is 16.5. The van der Waals surface area contributed by atoms with Gasteiger partial charge >= 0.3 is 5.97 Å². The fraction of sp³-hybridized carbons (Fsp3) is 0.188. The van der Waals surface area contributed by atoms with Gasteiger partial charge < -0.3 is 5.11 Å². The van der Waals surface area contributed by atoms with Gasteiger partial charge in [0.2, 0.25) is 0 Å². The predicted octanol–water partition coefficient (Wildman–Crippen LogP) is 2.83. The van der Waals surface area contributed by atoms with Crippen LogP contribution in [-0.2, 0) is 10.0 Å². The third-order valence-electron chi connectivity index (χ3n) is 3.44. The molecule has 0 saturated heterocycles. The molecule has 0 unspecified atom stereocenters. The zero-order valence-corrected chi connectivity index (χ0v) is 13.4. The number of benzene rings is 2. The Bertz CT molecular complexity index is 828. The molecule has 0 aliphatic heterocycles. The second kappa shape index (κ2) is 5.81. The lowest BCUT2D eigenvalue weighted by atomic mass is 10.1. The number of aryl methyl sites for hydroxylation is 2. The molecule has 6 heteroatoms. The molecule has 2 rings (SSSR count). The smallest absolute Gasteiger partial charge is 0.335 e. The standard InChI is InChI=1S/C16H17NO4S/c1-11-7-8-12(2)15(9-11)17(3)22(20,21)14-6-4-5-13(10-14)16(18)19/h4-10H,1-3H3,(H,18,19). The Kier molecular flexibility index (Phi) is 4.23. The summed E-state index contributed by atoms with van der Waals surface area (Å²) < 4.78 is 26.6. The van der Waals surface area contributed by atoms with E-state index in [0.717, 1.165) is 11.1 Å². The lowest BCUT2D eigenvalue weighted by molar-refractivity contribution is 0.0696. The van der Waals surface area contributed by atoms with Crippen molar-refractivity contribution in [2.24, 2.45) is 0 Å². The molecule has 22 heavy (non-hydrogen) atoms. The van der Waals surface area contributed by atoms with Crippen LogP contribution in [0.4, 0.5) is 5.69 Å². The van der Waals surface area contributed by atoms with Crippen molar-refractivity contribution in [3.05, 3.63) is 59.2 Å². The van der Waals surface area contributed by atoms with E-state index in [1.54, 1.807) is 6.07 Å². The number of nitrogens with zero attached hydrogens (tertiary/aromatic N) is 1. The van der Waals surface area contributed by atoms with Gasteiger partial charge in [0.05, 0.1) is 16.1 Å². The number of carboxylic acids is 1. The van der Waals surface area contributed by atoms with Crippen molar-refractivity contribution in [3.8, 4) is 0 Å². The van der Waals surface area contributed by atoms with Crippen molar-refractivity contribution < 1.29 is 18.3 Å². The number of carboxylic acid groups (broad SMARTS) is 1. The average Bonchev–Trinajstić information content (AvgIpc) is 2.49. The van der Waals surface area contributed by atoms with Crippen molar-refractivity contribution >= 4 is 21.7 Å². The third kappa shape index (κ3) is 2.96. The largest absolute Gasteiger partial charge is 0.478 e. The summed E-state index contributed by atoms with van der Waals surface area (Å²) in [5, 5.41) is 9.00. The minimum absolute atomic E-state index is 0.0455. The Morgan fingerprint density at radius 3 is 2.41 bits per heavy atom. The van der Waals surface area contributed by atoms with E-state index in [2.05, 4.69) is 0 Å². The van der Waals surface area contributed by atoms with Gasteiger partial charge in [-0.2, -0.15) is 0 Å². The van der Waals surface area contributed by atoms with Crippen LogP contribution in [0.15, 0.2) is 47.4 Å². The van der Waals surface area contributed by atoms with Gasteiger partial charge in [-0.05, 0) is 49.2 Å². The number of carbonyl (C=O) groups is 1. The molecule has 0 fully saturated rings. The monoisotopic (exact) mass is 319 g/mol. The molecule has 0 heterocycles. The van der Waals surface area contributed by atoms with Gasteiger partial charge in [0.15, 0.2) is 0 Å². The summed E-state index contributed by atoms with van der Waals surface area (Å²) in [6.07, 6.45) is 0. The van der Waals surface area contributed by atoms with Crippen molar-refractivity contribution in [1.29, 1.82) is 0 Å². The van der Waals surface area contributed by atoms with Gasteiger partial charge in [0.1, 0.15) is 0 Å². The first-order chi connectivity index (χ1) is 10.2. The quantitative estimate of drug-likeness (QED) is 0.940. The molecule has 0 aliphatic carbocycles. The SMILES string of the molecule is Cc1ccc(C)c(N(C)S(=O)(=O)c2cccc(C(=O)O)c2)c1. The van der Waals surface area contributed by atoms with Crippen LogP contribution in [0.2, 0.25) is 0 Å². The number of anilines is 1. The Hall–Kier alpha value is -2.34. The fourth-order valence-corrected chi connectivity index (χ4v) is 3.43. The van der Waals surface area contributed by atoms with E-state index in [1.807, 2.05) is 26.0 Å². The van der Waals surface area contributed by atoms with Crippen LogP contribution in [0.5, 0.6) is 0 Å². The normalized spacial score (nSPS) is 11.2. The number of hydrogen-bond acceptors (Lipinski definition) is 3. The molecule has 2 aromatic rings. The lowest BCUT2D eigenvalue weighted by Gasteiger charge is -2.22. The number of sulfonamides is 1. The molecule has 0 aromatic heterocycles. The third-order valence-corrected chi connectivity index (χ3v) is 5.21. The van der Waals surface area contributed by atoms with Gasteiger partial charge in [-0.3, -0.25) is 4.31 Å². The first-order valence-corrected chi connectivity index (χ1v) is 8.07. The summed E-state index contributed by atoms with van der Waals surface area (Å²) in [6.45, 7) is 3.71. The van der Waals surface area contributed by atoms with Crippen LogP contribution in [0.3, 0.4) is 0 Å². The Morgan fingerprint density at radius 1 is 1.09 bits per heavy atom. The van der Waals surface area contributed by atoms with Gasteiger partial charge in [-0.25, -0.2) is 13.2 Å². The van der Waals surface area contributed by atoms with Gasteiger partial charge in [-0.1, -0.05) is 18.2 Å². The molecular weight excluding hydrogens is 302 g/mol. The molecule has 0 atom stereocenters. The summed E-state index contributed by atoms with van der Waals surface area (Å²) in [5.74, 6) is -1.16. The maximum atomic E-state index is 12.7. The molecule has 0 radical (unpaired) electrons.